The summed E-state index contributed by atoms with van der Waals surface area (Å²) in [5.41, 5.74) is 1.13. The highest BCUT2D eigenvalue weighted by molar-refractivity contribution is 5.94. The zero-order chi connectivity index (χ0) is 11.5. The van der Waals surface area contributed by atoms with Crippen LogP contribution in [0, 0.1) is 6.92 Å². The Morgan fingerprint density at radius 2 is 2.06 bits per heavy atom. The van der Waals surface area contributed by atoms with Gasteiger partial charge in [-0.3, -0.25) is 0 Å². The van der Waals surface area contributed by atoms with Crippen molar-refractivity contribution < 1.29 is 9.90 Å². The Hall–Kier alpha value is -1.58. The summed E-state index contributed by atoms with van der Waals surface area (Å²) in [6.07, 6.45) is 5.15. The number of anilines is 1. The molecule has 0 spiro atoms. The Bertz CT molecular complexity index is 398. The van der Waals surface area contributed by atoms with Gasteiger partial charge in [-0.25, -0.2) is 9.78 Å². The number of rotatable bonds is 2. The van der Waals surface area contributed by atoms with Crippen LogP contribution in [-0.4, -0.2) is 29.1 Å². The minimum atomic E-state index is -0.883. The van der Waals surface area contributed by atoms with E-state index >= 15 is 0 Å². The number of nitrogens with zero attached hydrogens (tertiary/aromatic N) is 2. The quantitative estimate of drug-likeness (QED) is 0.829. The highest BCUT2D eigenvalue weighted by Gasteiger charge is 2.20. The van der Waals surface area contributed by atoms with Crippen molar-refractivity contribution in [2.24, 2.45) is 0 Å². The summed E-state index contributed by atoms with van der Waals surface area (Å²) in [6, 6.07) is 1.75. The molecule has 4 heteroatoms. The first-order valence-corrected chi connectivity index (χ1v) is 5.64. The van der Waals surface area contributed by atoms with Gasteiger partial charge in [0.1, 0.15) is 11.4 Å². The monoisotopic (exact) mass is 220 g/mol. The van der Waals surface area contributed by atoms with Crippen molar-refractivity contribution in [2.75, 3.05) is 18.0 Å². The minimum Gasteiger partial charge on any atom is -0.478 e. The van der Waals surface area contributed by atoms with Gasteiger partial charge < -0.3 is 10.0 Å². The summed E-state index contributed by atoms with van der Waals surface area (Å²) >= 11 is 0. The van der Waals surface area contributed by atoms with Crippen LogP contribution >= 0.6 is 0 Å². The van der Waals surface area contributed by atoms with Crippen LogP contribution in [0.2, 0.25) is 0 Å². The first-order chi connectivity index (χ1) is 7.70. The van der Waals surface area contributed by atoms with Crippen LogP contribution in [0.5, 0.6) is 0 Å². The second-order valence-electron chi connectivity index (χ2n) is 4.18. The van der Waals surface area contributed by atoms with Gasteiger partial charge in [0.05, 0.1) is 0 Å². The molecule has 0 bridgehead atoms. The average Bonchev–Trinajstić information content (AvgIpc) is 2.29. The van der Waals surface area contributed by atoms with Gasteiger partial charge in [0.2, 0.25) is 0 Å². The lowest BCUT2D eigenvalue weighted by Crippen LogP contribution is -2.31. The molecule has 16 heavy (non-hydrogen) atoms. The van der Waals surface area contributed by atoms with Crippen LogP contribution in [0.4, 0.5) is 5.82 Å². The molecule has 1 N–H and O–H groups in total. The molecule has 0 unspecified atom stereocenters. The number of aromatic carboxylic acids is 1. The van der Waals surface area contributed by atoms with Crippen molar-refractivity contribution in [3.63, 3.8) is 0 Å². The van der Waals surface area contributed by atoms with E-state index in [2.05, 4.69) is 9.88 Å². The zero-order valence-electron chi connectivity index (χ0n) is 9.44. The van der Waals surface area contributed by atoms with E-state index in [-0.39, 0.29) is 0 Å². The van der Waals surface area contributed by atoms with E-state index < -0.39 is 5.97 Å². The number of pyridine rings is 1. The van der Waals surface area contributed by atoms with Crippen LogP contribution < -0.4 is 4.90 Å². The molecular weight excluding hydrogens is 204 g/mol. The summed E-state index contributed by atoms with van der Waals surface area (Å²) < 4.78 is 0. The van der Waals surface area contributed by atoms with Gasteiger partial charge in [0, 0.05) is 19.3 Å². The topological polar surface area (TPSA) is 53.4 Å². The fraction of sp³-hybridized carbons (Fsp3) is 0.500. The molecule has 0 amide bonds. The molecule has 1 aliphatic heterocycles. The number of piperidine rings is 1. The van der Waals surface area contributed by atoms with Crippen LogP contribution in [-0.2, 0) is 0 Å². The number of carbonyl (C=O) groups is 1. The lowest BCUT2D eigenvalue weighted by Gasteiger charge is -2.29. The van der Waals surface area contributed by atoms with Gasteiger partial charge in [0.25, 0.3) is 0 Å². The lowest BCUT2D eigenvalue weighted by molar-refractivity contribution is 0.0696. The maximum atomic E-state index is 11.2. The third-order valence-electron chi connectivity index (χ3n) is 3.01. The van der Waals surface area contributed by atoms with Gasteiger partial charge >= 0.3 is 5.97 Å². The SMILES string of the molecule is Cc1ccnc(N2CCCCC2)c1C(=O)O. The third-order valence-corrected chi connectivity index (χ3v) is 3.01. The summed E-state index contributed by atoms with van der Waals surface area (Å²) in [7, 11) is 0. The summed E-state index contributed by atoms with van der Waals surface area (Å²) in [6.45, 7) is 3.64. The van der Waals surface area contributed by atoms with E-state index in [9.17, 15) is 9.90 Å². The maximum absolute atomic E-state index is 11.2. The normalized spacial score (nSPS) is 16.2. The number of aromatic nitrogens is 1. The van der Waals surface area contributed by atoms with Gasteiger partial charge in [-0.2, -0.15) is 0 Å². The molecule has 0 atom stereocenters. The molecule has 1 aromatic heterocycles. The Kier molecular flexibility index (Phi) is 3.08. The van der Waals surface area contributed by atoms with Crippen LogP contribution in [0.3, 0.4) is 0 Å². The lowest BCUT2D eigenvalue weighted by atomic mass is 10.1. The van der Waals surface area contributed by atoms with E-state index in [1.807, 2.05) is 6.92 Å². The van der Waals surface area contributed by atoms with E-state index in [1.165, 1.54) is 6.42 Å². The Morgan fingerprint density at radius 3 is 2.69 bits per heavy atom. The van der Waals surface area contributed by atoms with Crippen LogP contribution in [0.25, 0.3) is 0 Å². The number of carboxylic acids is 1. The second-order valence-corrected chi connectivity index (χ2v) is 4.18. The van der Waals surface area contributed by atoms with Gasteiger partial charge in [-0.15, -0.1) is 0 Å². The van der Waals surface area contributed by atoms with Crippen molar-refractivity contribution in [1.82, 2.24) is 4.98 Å². The molecule has 0 aromatic carbocycles. The van der Waals surface area contributed by atoms with E-state index in [4.69, 9.17) is 0 Å². The van der Waals surface area contributed by atoms with Crippen molar-refractivity contribution in [2.45, 2.75) is 26.2 Å². The first kappa shape index (κ1) is 10.9. The zero-order valence-corrected chi connectivity index (χ0v) is 9.44. The molecule has 0 saturated carbocycles. The molecule has 2 rings (SSSR count). The smallest absolute Gasteiger partial charge is 0.339 e. The highest BCUT2D eigenvalue weighted by Crippen LogP contribution is 2.23. The van der Waals surface area contributed by atoms with Gasteiger partial charge in [0.15, 0.2) is 0 Å². The summed E-state index contributed by atoms with van der Waals surface area (Å²) in [4.78, 5) is 17.5. The predicted molar refractivity (Wildman–Crippen MR) is 62.0 cm³/mol. The predicted octanol–water partition coefficient (Wildman–Crippen LogP) is 2.08. The minimum absolute atomic E-state index is 0.351. The van der Waals surface area contributed by atoms with Crippen molar-refractivity contribution in [3.05, 3.63) is 23.4 Å². The average molecular weight is 220 g/mol. The highest BCUT2D eigenvalue weighted by atomic mass is 16.4. The molecule has 1 aromatic rings. The standard InChI is InChI=1S/C12H16N2O2/c1-9-5-6-13-11(10(9)12(15)16)14-7-3-2-4-8-14/h5-6H,2-4,7-8H2,1H3,(H,15,16). The molecule has 1 fully saturated rings. The fourth-order valence-corrected chi connectivity index (χ4v) is 2.15. The molecule has 86 valence electrons. The van der Waals surface area contributed by atoms with Crippen molar-refractivity contribution in [3.8, 4) is 0 Å². The van der Waals surface area contributed by atoms with Crippen LogP contribution in [0.15, 0.2) is 12.3 Å². The maximum Gasteiger partial charge on any atom is 0.339 e. The molecule has 1 saturated heterocycles. The molecule has 1 aliphatic rings. The van der Waals surface area contributed by atoms with E-state index in [0.717, 1.165) is 31.5 Å². The molecule has 4 nitrogen and oxygen atoms in total. The Balaban J connectivity index is 2.38. The van der Waals surface area contributed by atoms with E-state index in [0.29, 0.717) is 11.4 Å². The summed E-state index contributed by atoms with van der Waals surface area (Å²) in [5.74, 6) is -0.252. The molecular formula is C12H16N2O2. The van der Waals surface area contributed by atoms with Crippen molar-refractivity contribution in [1.29, 1.82) is 0 Å². The Labute approximate surface area is 94.9 Å². The van der Waals surface area contributed by atoms with Gasteiger partial charge in [-0.05, 0) is 37.8 Å². The first-order valence-electron chi connectivity index (χ1n) is 5.64. The van der Waals surface area contributed by atoms with E-state index in [1.54, 1.807) is 12.3 Å². The number of carboxylic acid groups (broad SMARTS) is 1. The number of hydrogen-bond donors (Lipinski definition) is 1. The Morgan fingerprint density at radius 1 is 1.38 bits per heavy atom. The third kappa shape index (κ3) is 2.01. The fourth-order valence-electron chi connectivity index (χ4n) is 2.15. The largest absolute Gasteiger partial charge is 0.478 e. The molecule has 0 aliphatic carbocycles. The number of hydrogen-bond acceptors (Lipinski definition) is 3. The van der Waals surface area contributed by atoms with Crippen LogP contribution in [0.1, 0.15) is 35.2 Å². The molecule has 2 heterocycles. The molecule has 0 radical (unpaired) electrons. The van der Waals surface area contributed by atoms with Gasteiger partial charge in [-0.1, -0.05) is 0 Å². The van der Waals surface area contributed by atoms with Crippen molar-refractivity contribution >= 4 is 11.8 Å². The second kappa shape index (κ2) is 4.51. The number of aryl methyl sites for hydroxylation is 1. The summed E-state index contributed by atoms with van der Waals surface area (Å²) in [5, 5.41) is 9.21.